The van der Waals surface area contributed by atoms with Crippen LogP contribution in [0.5, 0.6) is 0 Å². The molecule has 8 nitrogen and oxygen atoms in total. The number of phosphoric acid groups is 2. The molecular formula is C16H33NaO8P2Zn3. The first-order valence-corrected chi connectivity index (χ1v) is 12.1. The molecule has 0 N–H and O–H groups in total. The van der Waals surface area contributed by atoms with Gasteiger partial charge in [0.15, 0.2) is 0 Å². The molecule has 0 aromatic carbocycles. The number of hydrogen-bond acceptors (Lipinski definition) is 8. The summed E-state index contributed by atoms with van der Waals surface area (Å²) in [5.41, 5.74) is 0. The predicted molar refractivity (Wildman–Crippen MR) is 90.9 cm³/mol. The van der Waals surface area contributed by atoms with Crippen molar-refractivity contribution in [1.82, 2.24) is 0 Å². The molecule has 0 aliphatic rings. The minimum Gasteiger partial charge on any atom is -0.822 e. The van der Waals surface area contributed by atoms with Crippen molar-refractivity contribution in [2.75, 3.05) is 0 Å². The molecule has 0 aliphatic carbocycles. The minimum absolute atomic E-state index is 0. The van der Waals surface area contributed by atoms with Crippen LogP contribution in [0.2, 0.25) is 0 Å². The van der Waals surface area contributed by atoms with Crippen LogP contribution in [0, 0.1) is 6.92 Å². The maximum Gasteiger partial charge on any atom is 2.00 e. The van der Waals surface area contributed by atoms with E-state index in [2.05, 4.69) is 13.8 Å². The predicted octanol–water partition coefficient (Wildman–Crippen LogP) is -2.35. The molecule has 0 saturated heterocycles. The Morgan fingerprint density at radius 1 is 0.533 bits per heavy atom. The van der Waals surface area contributed by atoms with Crippen molar-refractivity contribution in [2.45, 2.75) is 96.8 Å². The molecule has 0 unspecified atom stereocenters. The summed E-state index contributed by atoms with van der Waals surface area (Å²) in [5.74, 6) is 0. The second kappa shape index (κ2) is 36.7. The van der Waals surface area contributed by atoms with E-state index in [1.165, 1.54) is 83.5 Å². The Labute approximate surface area is 243 Å². The van der Waals surface area contributed by atoms with E-state index in [0.29, 0.717) is 0 Å². The van der Waals surface area contributed by atoms with E-state index in [1.807, 2.05) is 0 Å². The van der Waals surface area contributed by atoms with Crippen LogP contribution in [0.25, 0.3) is 0 Å². The van der Waals surface area contributed by atoms with Crippen molar-refractivity contribution < 1.29 is 126 Å². The summed E-state index contributed by atoms with van der Waals surface area (Å²) >= 11 is 0. The molecule has 0 aliphatic heterocycles. The van der Waals surface area contributed by atoms with Crippen molar-refractivity contribution in [3.05, 3.63) is 6.92 Å². The molecule has 0 fully saturated rings. The Balaban J connectivity index is -0.0000000640. The third kappa shape index (κ3) is 109. The van der Waals surface area contributed by atoms with Crippen molar-refractivity contribution in [1.29, 1.82) is 0 Å². The van der Waals surface area contributed by atoms with E-state index in [9.17, 15) is 0 Å². The standard InChI is InChI=1S/C16H33.Na.2H3O4P.3Zn/c1-3-5-7-9-11-13-15-16-14-12-10-8-6-4-2;;2*1-5(2,3)4;;;/h1,3-16H2,2H3;;2*(H3,1,2,3,4);;;/q-1;+1;;;3*+2/p-6. The van der Waals surface area contributed by atoms with E-state index < -0.39 is 15.6 Å². The monoisotopic (exact) mass is 630 g/mol. The average Bonchev–Trinajstić information content (AvgIpc) is 2.45. The number of rotatable bonds is 13. The van der Waals surface area contributed by atoms with Gasteiger partial charge in [0, 0.05) is 0 Å². The molecule has 0 saturated carbocycles. The molecule has 0 amide bonds. The zero-order valence-electron chi connectivity index (χ0n) is 18.9. The van der Waals surface area contributed by atoms with Crippen LogP contribution in [0.1, 0.15) is 96.8 Å². The minimum atomic E-state index is -5.39. The van der Waals surface area contributed by atoms with Gasteiger partial charge in [-0.15, -0.1) is 0 Å². The van der Waals surface area contributed by atoms with E-state index >= 15 is 0 Å². The van der Waals surface area contributed by atoms with E-state index in [1.54, 1.807) is 0 Å². The van der Waals surface area contributed by atoms with Gasteiger partial charge >= 0.3 is 88.0 Å². The molecule has 30 heavy (non-hydrogen) atoms. The quantitative estimate of drug-likeness (QED) is 0.0938. The van der Waals surface area contributed by atoms with Gasteiger partial charge in [0.25, 0.3) is 0 Å². The van der Waals surface area contributed by atoms with Gasteiger partial charge in [0.1, 0.15) is 0 Å². The van der Waals surface area contributed by atoms with Crippen LogP contribution in [-0.2, 0) is 67.6 Å². The van der Waals surface area contributed by atoms with Crippen LogP contribution in [0.15, 0.2) is 0 Å². The fourth-order valence-corrected chi connectivity index (χ4v) is 2.19. The molecule has 0 bridgehead atoms. The third-order valence-corrected chi connectivity index (χ3v) is 3.35. The molecule has 0 aromatic rings. The van der Waals surface area contributed by atoms with Gasteiger partial charge in [-0.3, -0.25) is 0 Å². The van der Waals surface area contributed by atoms with E-state index in [-0.39, 0.29) is 88.0 Å². The molecule has 0 aromatic heterocycles. The van der Waals surface area contributed by atoms with Gasteiger partial charge in [-0.25, -0.2) is 0 Å². The van der Waals surface area contributed by atoms with Crippen LogP contribution in [0.4, 0.5) is 0 Å². The van der Waals surface area contributed by atoms with Crippen LogP contribution < -0.4 is 58.9 Å². The number of unbranched alkanes of at least 4 members (excludes halogenated alkanes) is 13. The normalized spacial score (nSPS) is 9.73. The molecule has 0 heterocycles. The van der Waals surface area contributed by atoms with Crippen molar-refractivity contribution in [3.8, 4) is 0 Å². The Morgan fingerprint density at radius 3 is 0.867 bits per heavy atom. The summed E-state index contributed by atoms with van der Waals surface area (Å²) in [4.78, 5) is 51.3. The van der Waals surface area contributed by atoms with Gasteiger partial charge in [0.05, 0.1) is 0 Å². The van der Waals surface area contributed by atoms with Crippen LogP contribution in [0.3, 0.4) is 0 Å². The first kappa shape index (κ1) is 50.1. The summed E-state index contributed by atoms with van der Waals surface area (Å²) in [6.45, 7) is 6.16. The third-order valence-electron chi connectivity index (χ3n) is 3.35. The average molecular weight is 635 g/mol. The largest absolute Gasteiger partial charge is 2.00 e. The summed E-state index contributed by atoms with van der Waals surface area (Å²) in [5, 5.41) is 0. The number of hydrogen-bond donors (Lipinski definition) is 0. The Morgan fingerprint density at radius 2 is 0.700 bits per heavy atom. The zero-order valence-corrected chi connectivity index (χ0v) is 31.6. The van der Waals surface area contributed by atoms with E-state index in [0.717, 1.165) is 6.42 Å². The van der Waals surface area contributed by atoms with Crippen molar-refractivity contribution >= 4 is 15.6 Å². The molecular weight excluding hydrogens is 601 g/mol. The molecule has 0 rings (SSSR count). The Bertz CT molecular complexity index is 324. The molecule has 14 heteroatoms. The Hall–Kier alpha value is 3.09. The molecule has 0 spiro atoms. The van der Waals surface area contributed by atoms with Crippen LogP contribution >= 0.6 is 15.6 Å². The van der Waals surface area contributed by atoms with Gasteiger partial charge in [-0.1, -0.05) is 90.4 Å². The maximum absolute atomic E-state index is 8.55. The fraction of sp³-hybridized carbons (Fsp3) is 0.938. The SMILES string of the molecule is O=P([O-])([O-])[O-].O=P([O-])([O-])[O-].[CH2-]CCCCCCCCCCCCCCC.[Na+].[Zn+2].[Zn+2].[Zn+2]. The van der Waals surface area contributed by atoms with Crippen molar-refractivity contribution in [2.24, 2.45) is 0 Å². The van der Waals surface area contributed by atoms with Gasteiger partial charge in [-0.2, -0.15) is 22.1 Å². The smallest absolute Gasteiger partial charge is 0.822 e. The van der Waals surface area contributed by atoms with E-state index in [4.69, 9.17) is 38.5 Å². The maximum atomic E-state index is 8.55. The van der Waals surface area contributed by atoms with Gasteiger partial charge in [0.2, 0.25) is 0 Å². The first-order valence-electron chi connectivity index (χ1n) is 9.17. The topological polar surface area (TPSA) is 172 Å². The summed E-state index contributed by atoms with van der Waals surface area (Å²) in [7, 11) is -10.8. The molecule has 162 valence electrons. The second-order valence-electron chi connectivity index (χ2n) is 5.99. The second-order valence-corrected chi connectivity index (χ2v) is 7.78. The summed E-state index contributed by atoms with van der Waals surface area (Å²) < 4.78 is 17.1. The van der Waals surface area contributed by atoms with Gasteiger partial charge in [-0.05, 0) is 0 Å². The van der Waals surface area contributed by atoms with Gasteiger partial charge < -0.3 is 45.4 Å². The van der Waals surface area contributed by atoms with Crippen LogP contribution in [-0.4, -0.2) is 0 Å². The summed E-state index contributed by atoms with van der Waals surface area (Å²) in [6.07, 6.45) is 19.8. The fourth-order valence-electron chi connectivity index (χ4n) is 2.19. The molecule has 0 atom stereocenters. The van der Waals surface area contributed by atoms with Crippen molar-refractivity contribution in [3.63, 3.8) is 0 Å². The Kier molecular flexibility index (Phi) is 61.2. The molecule has 0 radical (unpaired) electrons. The summed E-state index contributed by atoms with van der Waals surface area (Å²) in [6, 6.07) is 0. The first-order chi connectivity index (χ1) is 11.9. The zero-order chi connectivity index (χ0) is 20.9.